The standard InChI is InChI=1S/C21H18ClN5O3S/c22-15-3-1-13(2-4-15)20-25-24-18(30-20)11-27(16-5-6-16)19(28)8-7-17-23-26-21(29-17)14-9-10-31-12-14/h1-4,9-10,12,16H,5-8,11H2. The fourth-order valence-corrected chi connectivity index (χ4v) is 3.95. The van der Waals surface area contributed by atoms with Gasteiger partial charge < -0.3 is 13.7 Å². The van der Waals surface area contributed by atoms with Crippen LogP contribution in [0.2, 0.25) is 5.02 Å². The average Bonchev–Trinajstić information content (AvgIpc) is 3.18. The highest BCUT2D eigenvalue weighted by Gasteiger charge is 2.33. The Balaban J connectivity index is 1.22. The molecule has 0 aliphatic heterocycles. The molecule has 0 unspecified atom stereocenters. The molecule has 1 saturated carbocycles. The fraction of sp³-hybridized carbons (Fsp3) is 0.286. The van der Waals surface area contributed by atoms with Crippen LogP contribution in [0.15, 0.2) is 49.9 Å². The molecule has 1 aromatic carbocycles. The van der Waals surface area contributed by atoms with Crippen LogP contribution >= 0.6 is 22.9 Å². The Morgan fingerprint density at radius 2 is 1.71 bits per heavy atom. The lowest BCUT2D eigenvalue weighted by atomic mass is 10.2. The highest BCUT2D eigenvalue weighted by molar-refractivity contribution is 7.08. The van der Waals surface area contributed by atoms with E-state index in [2.05, 4.69) is 20.4 Å². The minimum atomic E-state index is 0.00373. The number of hydrogen-bond donors (Lipinski definition) is 0. The zero-order chi connectivity index (χ0) is 21.2. The second-order valence-corrected chi connectivity index (χ2v) is 8.49. The van der Waals surface area contributed by atoms with E-state index < -0.39 is 0 Å². The molecular weight excluding hydrogens is 438 g/mol. The van der Waals surface area contributed by atoms with Crippen molar-refractivity contribution in [1.82, 2.24) is 25.3 Å². The van der Waals surface area contributed by atoms with Gasteiger partial charge in [0.2, 0.25) is 29.5 Å². The monoisotopic (exact) mass is 455 g/mol. The van der Waals surface area contributed by atoms with Gasteiger partial charge in [-0.15, -0.1) is 20.4 Å². The fourth-order valence-electron chi connectivity index (χ4n) is 3.19. The maximum absolute atomic E-state index is 12.9. The first-order valence-corrected chi connectivity index (χ1v) is 11.2. The van der Waals surface area contributed by atoms with Gasteiger partial charge in [-0.25, -0.2) is 0 Å². The molecule has 8 nitrogen and oxygen atoms in total. The van der Waals surface area contributed by atoms with Crippen molar-refractivity contribution >= 4 is 28.8 Å². The van der Waals surface area contributed by atoms with Crippen molar-refractivity contribution in [2.24, 2.45) is 0 Å². The Kier molecular flexibility index (Phi) is 5.52. The second-order valence-electron chi connectivity index (χ2n) is 7.27. The Morgan fingerprint density at radius 1 is 1.00 bits per heavy atom. The summed E-state index contributed by atoms with van der Waals surface area (Å²) in [5.74, 6) is 1.74. The molecule has 0 N–H and O–H groups in total. The molecule has 1 amide bonds. The van der Waals surface area contributed by atoms with Crippen LogP contribution in [0, 0.1) is 0 Å². The maximum atomic E-state index is 12.9. The lowest BCUT2D eigenvalue weighted by Gasteiger charge is -2.20. The van der Waals surface area contributed by atoms with Gasteiger partial charge in [0, 0.05) is 40.4 Å². The zero-order valence-corrected chi connectivity index (χ0v) is 18.0. The normalized spacial score (nSPS) is 13.5. The highest BCUT2D eigenvalue weighted by atomic mass is 35.5. The van der Waals surface area contributed by atoms with E-state index in [1.165, 1.54) is 0 Å². The second kappa shape index (κ2) is 8.60. The molecule has 1 aliphatic rings. The SMILES string of the molecule is O=C(CCc1nnc(-c2ccsc2)o1)N(Cc1nnc(-c2ccc(Cl)cc2)o1)C1CC1. The summed E-state index contributed by atoms with van der Waals surface area (Å²) >= 11 is 7.49. The first kappa shape index (κ1) is 19.9. The van der Waals surface area contributed by atoms with Crippen LogP contribution in [0.25, 0.3) is 22.9 Å². The molecule has 1 aliphatic carbocycles. The summed E-state index contributed by atoms with van der Waals surface area (Å²) in [6.45, 7) is 0.286. The topological polar surface area (TPSA) is 98.2 Å². The Bertz CT molecular complexity index is 1170. The minimum Gasteiger partial charge on any atom is -0.421 e. The number of carbonyl (C=O) groups is 1. The van der Waals surface area contributed by atoms with Gasteiger partial charge >= 0.3 is 0 Å². The van der Waals surface area contributed by atoms with Gasteiger partial charge in [-0.2, -0.15) is 11.3 Å². The Hall–Kier alpha value is -3.04. The number of nitrogens with zero attached hydrogens (tertiary/aromatic N) is 5. The van der Waals surface area contributed by atoms with Gasteiger partial charge in [-0.1, -0.05) is 11.6 Å². The molecule has 0 bridgehead atoms. The van der Waals surface area contributed by atoms with Gasteiger partial charge in [0.1, 0.15) is 0 Å². The van der Waals surface area contributed by atoms with Gasteiger partial charge in [0.05, 0.1) is 6.54 Å². The average molecular weight is 456 g/mol. The third-order valence-electron chi connectivity index (χ3n) is 4.96. The third kappa shape index (κ3) is 4.67. The molecule has 158 valence electrons. The van der Waals surface area contributed by atoms with E-state index >= 15 is 0 Å². The van der Waals surface area contributed by atoms with Gasteiger partial charge in [-0.3, -0.25) is 4.79 Å². The number of rotatable bonds is 8. The summed E-state index contributed by atoms with van der Waals surface area (Å²) in [4.78, 5) is 14.7. The van der Waals surface area contributed by atoms with Crippen LogP contribution in [0.5, 0.6) is 0 Å². The first-order valence-electron chi connectivity index (χ1n) is 9.88. The molecule has 31 heavy (non-hydrogen) atoms. The van der Waals surface area contributed by atoms with Crippen LogP contribution < -0.4 is 0 Å². The third-order valence-corrected chi connectivity index (χ3v) is 5.89. The van der Waals surface area contributed by atoms with Crippen molar-refractivity contribution < 1.29 is 13.6 Å². The van der Waals surface area contributed by atoms with Crippen LogP contribution in [-0.2, 0) is 17.8 Å². The number of benzene rings is 1. The molecule has 1 fully saturated rings. The Labute approximate surface area is 186 Å². The van der Waals surface area contributed by atoms with E-state index in [0.717, 1.165) is 24.0 Å². The predicted molar refractivity (Wildman–Crippen MR) is 114 cm³/mol. The van der Waals surface area contributed by atoms with Crippen molar-refractivity contribution in [3.8, 4) is 22.9 Å². The summed E-state index contributed by atoms with van der Waals surface area (Å²) in [6.07, 6.45) is 2.62. The summed E-state index contributed by atoms with van der Waals surface area (Å²) in [5, 5.41) is 20.9. The van der Waals surface area contributed by atoms with Crippen molar-refractivity contribution in [2.45, 2.75) is 38.3 Å². The van der Waals surface area contributed by atoms with Crippen LogP contribution in [0.1, 0.15) is 31.0 Å². The van der Waals surface area contributed by atoms with Crippen LogP contribution in [0.3, 0.4) is 0 Å². The van der Waals surface area contributed by atoms with Crippen molar-refractivity contribution in [2.75, 3.05) is 0 Å². The number of thiophene rings is 1. The zero-order valence-electron chi connectivity index (χ0n) is 16.4. The van der Waals surface area contributed by atoms with Crippen LogP contribution in [-0.4, -0.2) is 37.2 Å². The molecule has 3 aromatic heterocycles. The van der Waals surface area contributed by atoms with Gasteiger partial charge in [0.25, 0.3) is 0 Å². The molecule has 4 aromatic rings. The van der Waals surface area contributed by atoms with E-state index in [9.17, 15) is 4.79 Å². The number of amides is 1. The van der Waals surface area contributed by atoms with Gasteiger partial charge in [0.15, 0.2) is 0 Å². The molecule has 0 saturated heterocycles. The lowest BCUT2D eigenvalue weighted by Crippen LogP contribution is -2.32. The van der Waals surface area contributed by atoms with E-state index in [-0.39, 0.29) is 24.9 Å². The van der Waals surface area contributed by atoms with E-state index in [4.69, 9.17) is 20.4 Å². The molecule has 0 radical (unpaired) electrons. The molecule has 10 heteroatoms. The quantitative estimate of drug-likeness (QED) is 0.382. The van der Waals surface area contributed by atoms with E-state index in [1.807, 2.05) is 29.0 Å². The van der Waals surface area contributed by atoms with Crippen LogP contribution in [0.4, 0.5) is 0 Å². The largest absolute Gasteiger partial charge is 0.421 e. The summed E-state index contributed by atoms with van der Waals surface area (Å²) in [5.41, 5.74) is 1.67. The van der Waals surface area contributed by atoms with Gasteiger partial charge in [-0.05, 0) is 48.6 Å². The number of hydrogen-bond acceptors (Lipinski definition) is 8. The molecule has 3 heterocycles. The van der Waals surface area contributed by atoms with Crippen molar-refractivity contribution in [3.05, 3.63) is 57.9 Å². The van der Waals surface area contributed by atoms with Crippen molar-refractivity contribution in [3.63, 3.8) is 0 Å². The smallest absolute Gasteiger partial charge is 0.248 e. The predicted octanol–water partition coefficient (Wildman–Crippen LogP) is 4.63. The number of halogens is 1. The highest BCUT2D eigenvalue weighted by Crippen LogP contribution is 2.30. The number of aryl methyl sites for hydroxylation is 1. The first-order chi connectivity index (χ1) is 15.2. The molecule has 5 rings (SSSR count). The maximum Gasteiger partial charge on any atom is 0.248 e. The summed E-state index contributed by atoms with van der Waals surface area (Å²) in [6, 6.07) is 9.30. The Morgan fingerprint density at radius 3 is 2.42 bits per heavy atom. The van der Waals surface area contributed by atoms with E-state index in [0.29, 0.717) is 35.0 Å². The minimum absolute atomic E-state index is 0.00373. The molecule has 0 spiro atoms. The summed E-state index contributed by atoms with van der Waals surface area (Å²) < 4.78 is 11.5. The summed E-state index contributed by atoms with van der Waals surface area (Å²) in [7, 11) is 0. The molecule has 0 atom stereocenters. The number of aromatic nitrogens is 4. The molecular formula is C21H18ClN5O3S. The van der Waals surface area contributed by atoms with Crippen molar-refractivity contribution in [1.29, 1.82) is 0 Å². The number of carbonyl (C=O) groups excluding carboxylic acids is 1. The van der Waals surface area contributed by atoms with E-state index in [1.54, 1.807) is 28.4 Å². The lowest BCUT2D eigenvalue weighted by molar-refractivity contribution is -0.132.